The third-order valence-electron chi connectivity index (χ3n) is 3.34. The highest BCUT2D eigenvalue weighted by molar-refractivity contribution is 5.25. The van der Waals surface area contributed by atoms with Gasteiger partial charge in [0.2, 0.25) is 0 Å². The van der Waals surface area contributed by atoms with Crippen LogP contribution >= 0.6 is 0 Å². The van der Waals surface area contributed by atoms with Crippen LogP contribution in [0.1, 0.15) is 38.7 Å². The van der Waals surface area contributed by atoms with E-state index in [0.29, 0.717) is 6.04 Å². The van der Waals surface area contributed by atoms with Crippen LogP contribution in [0, 0.1) is 5.82 Å². The molecule has 0 radical (unpaired) electrons. The molecule has 1 nitrogen and oxygen atoms in total. The monoisotopic (exact) mass is 207 g/mol. The first kappa shape index (κ1) is 10.6. The molecule has 82 valence electrons. The molecule has 2 rings (SSSR count). The fourth-order valence-corrected chi connectivity index (χ4v) is 2.51. The Morgan fingerprint density at radius 3 is 2.93 bits per heavy atom. The minimum absolute atomic E-state index is 0.0558. The molecular formula is C13H18FN. The fourth-order valence-electron chi connectivity index (χ4n) is 2.51. The Bertz CT molecular complexity index is 350. The molecule has 0 bridgehead atoms. The SMILES string of the molecule is CC1CCCC(C)(c2cccc(F)c2)N1. The second-order valence-corrected chi connectivity index (χ2v) is 4.78. The van der Waals surface area contributed by atoms with Gasteiger partial charge >= 0.3 is 0 Å². The number of rotatable bonds is 1. The maximum absolute atomic E-state index is 13.2. The van der Waals surface area contributed by atoms with Gasteiger partial charge in [0.15, 0.2) is 0 Å². The Morgan fingerprint density at radius 2 is 2.27 bits per heavy atom. The molecule has 1 aromatic carbocycles. The second kappa shape index (κ2) is 3.93. The molecule has 1 aromatic rings. The van der Waals surface area contributed by atoms with Gasteiger partial charge in [0.25, 0.3) is 0 Å². The molecule has 0 spiro atoms. The van der Waals surface area contributed by atoms with E-state index in [1.54, 1.807) is 12.1 Å². The van der Waals surface area contributed by atoms with Crippen LogP contribution in [-0.4, -0.2) is 6.04 Å². The third kappa shape index (κ3) is 2.20. The normalized spacial score (nSPS) is 31.5. The summed E-state index contributed by atoms with van der Waals surface area (Å²) in [4.78, 5) is 0. The van der Waals surface area contributed by atoms with Gasteiger partial charge in [-0.05, 0) is 50.8 Å². The largest absolute Gasteiger partial charge is 0.305 e. The molecule has 1 aliphatic heterocycles. The summed E-state index contributed by atoms with van der Waals surface area (Å²) in [5.74, 6) is -0.145. The number of hydrogen-bond donors (Lipinski definition) is 1. The molecule has 15 heavy (non-hydrogen) atoms. The predicted molar refractivity (Wildman–Crippen MR) is 60.2 cm³/mol. The topological polar surface area (TPSA) is 12.0 Å². The van der Waals surface area contributed by atoms with E-state index in [1.165, 1.54) is 18.9 Å². The lowest BCUT2D eigenvalue weighted by Gasteiger charge is -2.39. The van der Waals surface area contributed by atoms with Crippen LogP contribution in [0.4, 0.5) is 4.39 Å². The lowest BCUT2D eigenvalue weighted by atomic mass is 9.82. The van der Waals surface area contributed by atoms with Crippen molar-refractivity contribution in [3.8, 4) is 0 Å². The summed E-state index contributed by atoms with van der Waals surface area (Å²) in [6, 6.07) is 7.46. The highest BCUT2D eigenvalue weighted by Crippen LogP contribution is 2.31. The summed E-state index contributed by atoms with van der Waals surface area (Å²) in [5, 5.41) is 3.57. The smallest absolute Gasteiger partial charge is 0.123 e. The van der Waals surface area contributed by atoms with Crippen LogP contribution in [0.3, 0.4) is 0 Å². The Balaban J connectivity index is 2.28. The van der Waals surface area contributed by atoms with Crippen molar-refractivity contribution in [2.24, 2.45) is 0 Å². The maximum atomic E-state index is 13.2. The number of benzene rings is 1. The van der Waals surface area contributed by atoms with Gasteiger partial charge in [-0.3, -0.25) is 0 Å². The van der Waals surface area contributed by atoms with Crippen LogP contribution in [-0.2, 0) is 5.54 Å². The molecule has 2 heteroatoms. The standard InChI is InChI=1S/C13H18FN/c1-10-5-4-8-13(2,15-10)11-6-3-7-12(14)9-11/h3,6-7,9-10,15H,4-5,8H2,1-2H3. The van der Waals surface area contributed by atoms with Gasteiger partial charge in [0.1, 0.15) is 5.82 Å². The first-order valence-electron chi connectivity index (χ1n) is 5.64. The van der Waals surface area contributed by atoms with E-state index in [1.807, 2.05) is 6.07 Å². The molecule has 1 saturated heterocycles. The van der Waals surface area contributed by atoms with E-state index in [9.17, 15) is 4.39 Å². The molecule has 1 N–H and O–H groups in total. The van der Waals surface area contributed by atoms with Crippen molar-refractivity contribution in [2.75, 3.05) is 0 Å². The molecule has 0 amide bonds. The Hall–Kier alpha value is -0.890. The maximum Gasteiger partial charge on any atom is 0.123 e. The number of halogens is 1. The van der Waals surface area contributed by atoms with Crippen LogP contribution in [0.15, 0.2) is 24.3 Å². The molecule has 2 atom stereocenters. The highest BCUT2D eigenvalue weighted by atomic mass is 19.1. The quantitative estimate of drug-likeness (QED) is 0.745. The van der Waals surface area contributed by atoms with E-state index >= 15 is 0 Å². The lowest BCUT2D eigenvalue weighted by molar-refractivity contribution is 0.235. The van der Waals surface area contributed by atoms with Gasteiger partial charge in [-0.15, -0.1) is 0 Å². The minimum atomic E-state index is -0.145. The van der Waals surface area contributed by atoms with Gasteiger partial charge in [-0.2, -0.15) is 0 Å². The van der Waals surface area contributed by atoms with Crippen LogP contribution in [0.2, 0.25) is 0 Å². The van der Waals surface area contributed by atoms with Crippen LogP contribution in [0.25, 0.3) is 0 Å². The molecular weight excluding hydrogens is 189 g/mol. The van der Waals surface area contributed by atoms with Gasteiger partial charge < -0.3 is 5.32 Å². The molecule has 1 heterocycles. The molecule has 1 aliphatic rings. The van der Waals surface area contributed by atoms with Crippen molar-refractivity contribution in [2.45, 2.75) is 44.7 Å². The van der Waals surface area contributed by atoms with E-state index in [2.05, 4.69) is 19.2 Å². The zero-order valence-corrected chi connectivity index (χ0v) is 9.39. The van der Waals surface area contributed by atoms with E-state index < -0.39 is 0 Å². The molecule has 0 aliphatic carbocycles. The van der Waals surface area contributed by atoms with Crippen molar-refractivity contribution in [1.82, 2.24) is 5.32 Å². The summed E-state index contributed by atoms with van der Waals surface area (Å²) < 4.78 is 13.2. The predicted octanol–water partition coefficient (Wildman–Crippen LogP) is 3.20. The summed E-state index contributed by atoms with van der Waals surface area (Å²) in [6.45, 7) is 4.36. The Morgan fingerprint density at radius 1 is 1.47 bits per heavy atom. The third-order valence-corrected chi connectivity index (χ3v) is 3.34. The molecule has 1 fully saturated rings. The summed E-state index contributed by atoms with van der Waals surface area (Å²) in [7, 11) is 0. The first-order valence-corrected chi connectivity index (χ1v) is 5.64. The lowest BCUT2D eigenvalue weighted by Crippen LogP contribution is -2.48. The number of hydrogen-bond acceptors (Lipinski definition) is 1. The van der Waals surface area contributed by atoms with E-state index in [4.69, 9.17) is 0 Å². The molecule has 0 saturated carbocycles. The van der Waals surface area contributed by atoms with Crippen molar-refractivity contribution in [3.63, 3.8) is 0 Å². The molecule has 0 aromatic heterocycles. The summed E-state index contributed by atoms with van der Waals surface area (Å²) in [6.07, 6.45) is 3.51. The first-order chi connectivity index (χ1) is 7.10. The number of piperidine rings is 1. The van der Waals surface area contributed by atoms with E-state index in [-0.39, 0.29) is 11.4 Å². The Kier molecular flexibility index (Phi) is 2.79. The Labute approximate surface area is 90.7 Å². The zero-order chi connectivity index (χ0) is 10.9. The van der Waals surface area contributed by atoms with Gasteiger partial charge in [0.05, 0.1) is 0 Å². The van der Waals surface area contributed by atoms with Crippen molar-refractivity contribution >= 4 is 0 Å². The van der Waals surface area contributed by atoms with Crippen molar-refractivity contribution in [3.05, 3.63) is 35.6 Å². The van der Waals surface area contributed by atoms with Gasteiger partial charge in [-0.25, -0.2) is 4.39 Å². The van der Waals surface area contributed by atoms with Gasteiger partial charge in [-0.1, -0.05) is 12.1 Å². The van der Waals surface area contributed by atoms with Crippen LogP contribution in [0.5, 0.6) is 0 Å². The fraction of sp³-hybridized carbons (Fsp3) is 0.538. The second-order valence-electron chi connectivity index (χ2n) is 4.78. The van der Waals surface area contributed by atoms with Gasteiger partial charge in [0, 0.05) is 11.6 Å². The molecule has 2 unspecified atom stereocenters. The summed E-state index contributed by atoms with van der Waals surface area (Å²) in [5.41, 5.74) is 1.01. The van der Waals surface area contributed by atoms with Crippen LogP contribution < -0.4 is 5.32 Å². The number of nitrogens with one attached hydrogen (secondary N) is 1. The van der Waals surface area contributed by atoms with E-state index in [0.717, 1.165) is 12.0 Å². The average molecular weight is 207 g/mol. The minimum Gasteiger partial charge on any atom is -0.305 e. The zero-order valence-electron chi connectivity index (χ0n) is 9.39. The average Bonchev–Trinajstić information content (AvgIpc) is 2.17. The van der Waals surface area contributed by atoms with Crippen molar-refractivity contribution < 1.29 is 4.39 Å². The van der Waals surface area contributed by atoms with Crippen molar-refractivity contribution in [1.29, 1.82) is 0 Å². The highest BCUT2D eigenvalue weighted by Gasteiger charge is 2.31. The summed E-state index contributed by atoms with van der Waals surface area (Å²) >= 11 is 0.